The highest BCUT2D eigenvalue weighted by Gasteiger charge is 2.23. The SMILES string of the molecule is Cc1ccnc2c(-c3cccc(-c4cc(-c5ccc6ccccc6c5)cc5c4nc(-c4ccccc4O)n5-c4ccc(C(C)(C)C)cc4)c3)cc(-c3ccc(C(C)C)cc3)cc12. The van der Waals surface area contributed by atoms with E-state index in [2.05, 4.69) is 192 Å². The lowest BCUT2D eigenvalue weighted by atomic mass is 9.87. The minimum absolute atomic E-state index is 0.00501. The van der Waals surface area contributed by atoms with Crippen LogP contribution in [0.4, 0.5) is 0 Å². The second-order valence-electron chi connectivity index (χ2n) is 17.9. The summed E-state index contributed by atoms with van der Waals surface area (Å²) in [6.07, 6.45) is 1.92. The van der Waals surface area contributed by atoms with Gasteiger partial charge in [-0.25, -0.2) is 4.98 Å². The Balaban J connectivity index is 1.23. The number of pyridine rings is 1. The molecule has 0 fully saturated rings. The fraction of sp³-hybridized carbons (Fsp3) is 0.138. The summed E-state index contributed by atoms with van der Waals surface area (Å²) in [6, 6.07) is 60.5. The molecule has 4 heteroatoms. The third kappa shape index (κ3) is 7.02. The zero-order valence-electron chi connectivity index (χ0n) is 36.1. The monoisotopic (exact) mass is 803 g/mol. The molecule has 62 heavy (non-hydrogen) atoms. The van der Waals surface area contributed by atoms with Crippen molar-refractivity contribution in [2.45, 2.75) is 52.9 Å². The van der Waals surface area contributed by atoms with E-state index >= 15 is 0 Å². The Morgan fingerprint density at radius 3 is 1.90 bits per heavy atom. The Kier molecular flexibility index (Phi) is 9.60. The van der Waals surface area contributed by atoms with Gasteiger partial charge in [-0.3, -0.25) is 9.55 Å². The van der Waals surface area contributed by atoms with Gasteiger partial charge in [-0.2, -0.15) is 0 Å². The number of para-hydroxylation sites is 1. The van der Waals surface area contributed by atoms with Gasteiger partial charge in [-0.15, -0.1) is 0 Å². The predicted molar refractivity (Wildman–Crippen MR) is 260 cm³/mol. The highest BCUT2D eigenvalue weighted by atomic mass is 16.3. The molecule has 4 nitrogen and oxygen atoms in total. The fourth-order valence-electron chi connectivity index (χ4n) is 8.84. The van der Waals surface area contributed by atoms with Crippen LogP contribution in [-0.2, 0) is 5.41 Å². The van der Waals surface area contributed by atoms with E-state index < -0.39 is 0 Å². The molecule has 0 unspecified atom stereocenters. The van der Waals surface area contributed by atoms with Gasteiger partial charge in [0.1, 0.15) is 11.6 Å². The molecule has 2 aromatic heterocycles. The van der Waals surface area contributed by atoms with Crippen molar-refractivity contribution < 1.29 is 5.11 Å². The number of fused-ring (bicyclic) bond motifs is 3. The molecule has 10 aromatic rings. The van der Waals surface area contributed by atoms with Crippen molar-refractivity contribution in [1.29, 1.82) is 0 Å². The minimum Gasteiger partial charge on any atom is -0.507 e. The molecule has 0 amide bonds. The molecule has 0 radical (unpaired) electrons. The molecule has 0 saturated carbocycles. The Bertz CT molecular complexity index is 3310. The summed E-state index contributed by atoms with van der Waals surface area (Å²) in [7, 11) is 0. The third-order valence-electron chi connectivity index (χ3n) is 12.4. The molecule has 2 heterocycles. The number of aryl methyl sites for hydroxylation is 1. The predicted octanol–water partition coefficient (Wildman–Crippen LogP) is 15.5. The summed E-state index contributed by atoms with van der Waals surface area (Å²) in [5, 5.41) is 14.9. The second-order valence-corrected chi connectivity index (χ2v) is 17.9. The number of nitrogens with zero attached hydrogens (tertiary/aromatic N) is 3. The normalized spacial score (nSPS) is 11.9. The summed E-state index contributed by atoms with van der Waals surface area (Å²) >= 11 is 0. The van der Waals surface area contributed by atoms with E-state index in [0.29, 0.717) is 17.3 Å². The number of aromatic nitrogens is 3. The van der Waals surface area contributed by atoms with Gasteiger partial charge in [0, 0.05) is 28.4 Å². The highest BCUT2D eigenvalue weighted by Crippen LogP contribution is 2.42. The lowest BCUT2D eigenvalue weighted by molar-refractivity contribution is 0.477. The molecule has 0 aliphatic rings. The summed E-state index contributed by atoms with van der Waals surface area (Å²) in [5.41, 5.74) is 16.9. The maximum atomic E-state index is 11.4. The molecule has 0 aliphatic heterocycles. The van der Waals surface area contributed by atoms with Crippen molar-refractivity contribution in [1.82, 2.24) is 14.5 Å². The van der Waals surface area contributed by atoms with Gasteiger partial charge in [0.25, 0.3) is 0 Å². The number of imidazole rings is 1. The number of benzene rings is 8. The van der Waals surface area contributed by atoms with Crippen molar-refractivity contribution in [3.05, 3.63) is 193 Å². The standard InChI is InChI=1S/C58H49N3O/c1-36(2)38-18-20-40(21-19-38)45-32-50-37(3)28-29-59-55(50)51(33-45)43-14-11-15-44(31-43)52-34-46(42-23-22-39-12-7-8-13-41(39)30-42)35-53-56(52)60-57(49-16-9-10-17-54(49)62)61(53)48-26-24-47(25-27-48)58(4,5)6/h7-36,62H,1-6H3. The van der Waals surface area contributed by atoms with E-state index in [1.54, 1.807) is 6.07 Å². The second kappa shape index (κ2) is 15.3. The summed E-state index contributed by atoms with van der Waals surface area (Å²) in [6.45, 7) is 13.3. The number of hydrogen-bond donors (Lipinski definition) is 1. The highest BCUT2D eigenvalue weighted by molar-refractivity contribution is 6.03. The van der Waals surface area contributed by atoms with Gasteiger partial charge >= 0.3 is 0 Å². The summed E-state index contributed by atoms with van der Waals surface area (Å²) in [4.78, 5) is 10.5. The topological polar surface area (TPSA) is 50.9 Å². The molecule has 0 bridgehead atoms. The van der Waals surface area contributed by atoms with Crippen LogP contribution in [0.1, 0.15) is 57.2 Å². The Labute approximate surface area is 363 Å². The molecule has 10 rings (SSSR count). The fourth-order valence-corrected chi connectivity index (χ4v) is 8.84. The van der Waals surface area contributed by atoms with E-state index in [0.717, 1.165) is 66.6 Å². The molecule has 1 N–H and O–H groups in total. The van der Waals surface area contributed by atoms with Crippen molar-refractivity contribution in [2.24, 2.45) is 0 Å². The van der Waals surface area contributed by atoms with Gasteiger partial charge in [0.15, 0.2) is 0 Å². The Hall–Kier alpha value is -7.30. The zero-order chi connectivity index (χ0) is 42.7. The van der Waals surface area contributed by atoms with Crippen molar-refractivity contribution >= 4 is 32.7 Å². The van der Waals surface area contributed by atoms with Crippen LogP contribution in [0.3, 0.4) is 0 Å². The number of rotatable bonds is 7. The lowest BCUT2D eigenvalue weighted by Gasteiger charge is -2.20. The van der Waals surface area contributed by atoms with E-state index in [-0.39, 0.29) is 11.2 Å². The molecular formula is C58H49N3O. The van der Waals surface area contributed by atoms with Crippen LogP contribution in [0.15, 0.2) is 176 Å². The average Bonchev–Trinajstić information content (AvgIpc) is 3.67. The van der Waals surface area contributed by atoms with Crippen LogP contribution in [0.25, 0.3) is 94.3 Å². The molecule has 0 spiro atoms. The maximum Gasteiger partial charge on any atom is 0.149 e. The molecule has 302 valence electrons. The van der Waals surface area contributed by atoms with Crippen molar-refractivity contribution in [3.63, 3.8) is 0 Å². The molecule has 0 aliphatic carbocycles. The molecule has 0 atom stereocenters. The van der Waals surface area contributed by atoms with E-state index in [4.69, 9.17) is 9.97 Å². The van der Waals surface area contributed by atoms with E-state index in [9.17, 15) is 5.11 Å². The van der Waals surface area contributed by atoms with Crippen LogP contribution >= 0.6 is 0 Å². The first-order chi connectivity index (χ1) is 30.0. The molecular weight excluding hydrogens is 755 g/mol. The first-order valence-electron chi connectivity index (χ1n) is 21.6. The van der Waals surface area contributed by atoms with Crippen molar-refractivity contribution in [3.8, 4) is 67.3 Å². The first-order valence-corrected chi connectivity index (χ1v) is 21.6. The Morgan fingerprint density at radius 2 is 1.19 bits per heavy atom. The van der Waals surface area contributed by atoms with E-state index in [1.165, 1.54) is 33.0 Å². The van der Waals surface area contributed by atoms with Crippen LogP contribution in [0, 0.1) is 6.92 Å². The van der Waals surface area contributed by atoms with Crippen LogP contribution < -0.4 is 0 Å². The summed E-state index contributed by atoms with van der Waals surface area (Å²) < 4.78 is 2.21. The number of phenols is 1. The third-order valence-corrected chi connectivity index (χ3v) is 12.4. The minimum atomic E-state index is -0.00501. The first kappa shape index (κ1) is 38.9. The smallest absolute Gasteiger partial charge is 0.149 e. The number of phenolic OH excluding ortho intramolecular Hbond substituents is 1. The largest absolute Gasteiger partial charge is 0.507 e. The number of hydrogen-bond acceptors (Lipinski definition) is 3. The van der Waals surface area contributed by atoms with Gasteiger partial charge in [-0.1, -0.05) is 138 Å². The van der Waals surface area contributed by atoms with Gasteiger partial charge in [0.05, 0.1) is 22.1 Å². The summed E-state index contributed by atoms with van der Waals surface area (Å²) in [5.74, 6) is 1.32. The Morgan fingerprint density at radius 1 is 0.532 bits per heavy atom. The van der Waals surface area contributed by atoms with Crippen LogP contribution in [0.5, 0.6) is 5.75 Å². The van der Waals surface area contributed by atoms with Crippen LogP contribution in [-0.4, -0.2) is 19.6 Å². The average molecular weight is 804 g/mol. The molecule has 8 aromatic carbocycles. The lowest BCUT2D eigenvalue weighted by Crippen LogP contribution is -2.11. The van der Waals surface area contributed by atoms with Gasteiger partial charge in [0.2, 0.25) is 0 Å². The quantitative estimate of drug-likeness (QED) is 0.175. The van der Waals surface area contributed by atoms with Gasteiger partial charge in [-0.05, 0) is 146 Å². The van der Waals surface area contributed by atoms with Crippen molar-refractivity contribution in [2.75, 3.05) is 0 Å². The zero-order valence-corrected chi connectivity index (χ0v) is 36.1. The van der Waals surface area contributed by atoms with Gasteiger partial charge < -0.3 is 5.11 Å². The number of aromatic hydroxyl groups is 1. The maximum absolute atomic E-state index is 11.4. The van der Waals surface area contributed by atoms with E-state index in [1.807, 2.05) is 24.4 Å². The molecule has 0 saturated heterocycles. The van der Waals surface area contributed by atoms with Crippen LogP contribution in [0.2, 0.25) is 0 Å².